The van der Waals surface area contributed by atoms with E-state index in [1.165, 1.54) is 150 Å². The molecule has 4 unspecified atom stereocenters. The van der Waals surface area contributed by atoms with Gasteiger partial charge < -0.3 is 19.6 Å². The zero-order valence-electron chi connectivity index (χ0n) is 50.5. The van der Waals surface area contributed by atoms with Gasteiger partial charge in [0.15, 0.2) is 0 Å². The van der Waals surface area contributed by atoms with E-state index in [0.29, 0.717) is 0 Å². The van der Waals surface area contributed by atoms with Crippen LogP contribution in [-0.4, -0.2) is 17.8 Å². The summed E-state index contributed by atoms with van der Waals surface area (Å²) >= 11 is 0. The molecule has 2 aliphatic carbocycles. The van der Waals surface area contributed by atoms with Crippen molar-refractivity contribution < 1.29 is 0 Å². The van der Waals surface area contributed by atoms with Crippen LogP contribution in [0, 0.1) is 0 Å². The molecule has 4 heterocycles. The average Bonchev–Trinajstić information content (AvgIpc) is 1.75. The second kappa shape index (κ2) is 19.0. The number of fused-ring (bicyclic) bond motifs is 10. The molecule has 2 fully saturated rings. The van der Waals surface area contributed by atoms with Gasteiger partial charge in [0, 0.05) is 67.6 Å². The summed E-state index contributed by atoms with van der Waals surface area (Å²) < 4.78 is 0. The molecule has 10 aromatic rings. The Morgan fingerprint density at radius 3 is 1.47 bits per heavy atom. The molecular weight excluding hydrogens is 1030 g/mol. The van der Waals surface area contributed by atoms with Crippen molar-refractivity contribution >= 4 is 80.0 Å². The molecule has 0 saturated heterocycles. The minimum absolute atomic E-state index is 0.0125. The third-order valence-corrected chi connectivity index (χ3v) is 22.1. The van der Waals surface area contributed by atoms with Crippen LogP contribution in [0.2, 0.25) is 0 Å². The van der Waals surface area contributed by atoms with E-state index >= 15 is 0 Å². The first-order valence-electron chi connectivity index (χ1n) is 31.5. The highest BCUT2D eigenvalue weighted by atomic mass is 15.3. The number of rotatable bonds is 7. The summed E-state index contributed by atoms with van der Waals surface area (Å²) in [5.41, 5.74) is 27.5. The van der Waals surface area contributed by atoms with E-state index in [4.69, 9.17) is 0 Å². The molecule has 0 bridgehead atoms. The molecule has 0 aromatic heterocycles. The van der Waals surface area contributed by atoms with Gasteiger partial charge in [-0.15, -0.1) is 0 Å². The Bertz CT molecular complexity index is 4300. The number of hydrogen-bond donors (Lipinski definition) is 0. The fraction of sp³-hybridized carbons (Fsp3) is 0.250. The summed E-state index contributed by atoms with van der Waals surface area (Å²) in [5, 5.41) is 0. The molecular formula is C80H75BN4. The highest BCUT2D eigenvalue weighted by molar-refractivity contribution is 7.00. The van der Waals surface area contributed by atoms with Crippen molar-refractivity contribution in [3.05, 3.63) is 247 Å². The minimum Gasteiger partial charge on any atom is -0.334 e. The zero-order chi connectivity index (χ0) is 57.6. The molecule has 4 aliphatic heterocycles. The summed E-state index contributed by atoms with van der Waals surface area (Å²) in [4.78, 5) is 11.0. The quantitative estimate of drug-likeness (QED) is 0.147. The fourth-order valence-electron chi connectivity index (χ4n) is 17.3. The first kappa shape index (κ1) is 52.1. The van der Waals surface area contributed by atoms with E-state index in [0.717, 1.165) is 24.9 Å². The van der Waals surface area contributed by atoms with E-state index in [1.807, 2.05) is 0 Å². The van der Waals surface area contributed by atoms with Gasteiger partial charge in [0.25, 0.3) is 6.71 Å². The third kappa shape index (κ3) is 7.54. The first-order valence-corrected chi connectivity index (χ1v) is 31.5. The Morgan fingerprint density at radius 1 is 0.341 bits per heavy atom. The van der Waals surface area contributed by atoms with E-state index in [2.05, 4.69) is 299 Å². The van der Waals surface area contributed by atoms with Crippen LogP contribution < -0.4 is 36.0 Å². The van der Waals surface area contributed by atoms with Gasteiger partial charge in [-0.25, -0.2) is 0 Å². The normalized spacial score (nSPS) is 22.5. The van der Waals surface area contributed by atoms with Crippen LogP contribution in [0.1, 0.15) is 117 Å². The maximum Gasteiger partial charge on any atom is 0.252 e. The van der Waals surface area contributed by atoms with Gasteiger partial charge in [0.1, 0.15) is 0 Å². The number of anilines is 10. The van der Waals surface area contributed by atoms with Crippen molar-refractivity contribution in [2.45, 2.75) is 127 Å². The van der Waals surface area contributed by atoms with Crippen molar-refractivity contribution in [1.82, 2.24) is 0 Å². The van der Waals surface area contributed by atoms with Crippen LogP contribution in [0.4, 0.5) is 56.9 Å². The molecule has 5 heteroatoms. The SMILES string of the molecule is CC(C)(C)c1ccc(N2c3ccc(N4c5ccccc5C5(C)CCCCC45C)cc3B3c4ccc(-c5ccccc5)cc4N(c4cccc(-c5ccccc5)c4)c4cc(N5c6ccccc6C6(C)CCCCC56C)cc2c43)c(-c2ccccc2)c1. The molecule has 10 aromatic carbocycles. The van der Waals surface area contributed by atoms with Crippen LogP contribution in [0.15, 0.2) is 231 Å². The summed E-state index contributed by atoms with van der Waals surface area (Å²) in [6.45, 7) is 17.2. The molecule has 0 radical (unpaired) electrons. The molecule has 418 valence electrons. The van der Waals surface area contributed by atoms with Gasteiger partial charge in [0.05, 0.1) is 16.8 Å². The number of nitrogens with zero attached hydrogens (tertiary/aromatic N) is 4. The Kier molecular flexibility index (Phi) is 11.6. The predicted molar refractivity (Wildman–Crippen MR) is 361 cm³/mol. The van der Waals surface area contributed by atoms with Crippen LogP contribution >= 0.6 is 0 Å². The second-order valence-electron chi connectivity index (χ2n) is 27.5. The van der Waals surface area contributed by atoms with Gasteiger partial charge in [-0.3, -0.25) is 0 Å². The Balaban J connectivity index is 1.04. The second-order valence-corrected chi connectivity index (χ2v) is 27.5. The molecule has 4 nitrogen and oxygen atoms in total. The lowest BCUT2D eigenvalue weighted by molar-refractivity contribution is 0.195. The van der Waals surface area contributed by atoms with Gasteiger partial charge in [-0.1, -0.05) is 218 Å². The van der Waals surface area contributed by atoms with Crippen LogP contribution in [0.5, 0.6) is 0 Å². The van der Waals surface area contributed by atoms with Crippen LogP contribution in [0.3, 0.4) is 0 Å². The van der Waals surface area contributed by atoms with Crippen molar-refractivity contribution in [2.75, 3.05) is 19.6 Å². The molecule has 85 heavy (non-hydrogen) atoms. The summed E-state index contributed by atoms with van der Waals surface area (Å²) in [7, 11) is 0. The van der Waals surface area contributed by atoms with Crippen molar-refractivity contribution in [3.8, 4) is 33.4 Å². The van der Waals surface area contributed by atoms with Gasteiger partial charge >= 0.3 is 0 Å². The summed E-state index contributed by atoms with van der Waals surface area (Å²) in [6, 6.07) is 89.0. The standard InChI is InChI=1S/C80H75BN4/c1-76(2,3)59-39-42-68(63(50-59)56-30-15-10-16-31-56)83-71-43-40-61(84-69-36-19-17-34-64(69)77(4)44-21-23-46-79(77,84)6)51-67(71)81-66-41-38-58(55-28-13-9-14-29-55)49-72(66)82(60-33-25-32-57(48-60)54-26-11-8-12-27-54)73-52-62(53-74(83)75(73)81)85-70-37-20-18-35-65(70)78(5)45-22-24-47-80(78,85)7/h8-20,25-43,48-53H,21-24,44-47H2,1-7H3. The molecule has 16 rings (SSSR count). The highest BCUT2D eigenvalue weighted by Crippen LogP contribution is 2.63. The molecule has 0 amide bonds. The summed E-state index contributed by atoms with van der Waals surface area (Å²) in [6.07, 6.45) is 9.50. The zero-order valence-corrected chi connectivity index (χ0v) is 50.5. The molecule has 6 aliphatic rings. The Hall–Kier alpha value is -8.54. The number of para-hydroxylation sites is 2. The van der Waals surface area contributed by atoms with Gasteiger partial charge in [-0.2, -0.15) is 0 Å². The van der Waals surface area contributed by atoms with Gasteiger partial charge in [0.2, 0.25) is 0 Å². The molecule has 4 atom stereocenters. The number of hydrogen-bond acceptors (Lipinski definition) is 4. The molecule has 2 saturated carbocycles. The number of benzene rings is 10. The molecule has 0 spiro atoms. The van der Waals surface area contributed by atoms with E-state index < -0.39 is 0 Å². The summed E-state index contributed by atoms with van der Waals surface area (Å²) in [5.74, 6) is 0. The Labute approximate surface area is 504 Å². The van der Waals surface area contributed by atoms with E-state index in [-0.39, 0.29) is 34.0 Å². The average molecular weight is 1100 g/mol. The lowest BCUT2D eigenvalue weighted by Crippen LogP contribution is -2.62. The van der Waals surface area contributed by atoms with Crippen LogP contribution in [-0.2, 0) is 16.2 Å². The van der Waals surface area contributed by atoms with E-state index in [1.54, 1.807) is 0 Å². The van der Waals surface area contributed by atoms with Crippen molar-refractivity contribution in [3.63, 3.8) is 0 Å². The maximum absolute atomic E-state index is 2.81. The van der Waals surface area contributed by atoms with E-state index in [9.17, 15) is 0 Å². The van der Waals surface area contributed by atoms with Gasteiger partial charge in [-0.05, 0) is 179 Å². The lowest BCUT2D eigenvalue weighted by Gasteiger charge is -2.51. The monoisotopic (exact) mass is 1100 g/mol. The third-order valence-electron chi connectivity index (χ3n) is 22.1. The van der Waals surface area contributed by atoms with Crippen LogP contribution in [0.25, 0.3) is 33.4 Å². The largest absolute Gasteiger partial charge is 0.334 e. The topological polar surface area (TPSA) is 13.0 Å². The minimum atomic E-state index is -0.175. The van der Waals surface area contributed by atoms with Crippen molar-refractivity contribution in [2.24, 2.45) is 0 Å². The predicted octanol–water partition coefficient (Wildman–Crippen LogP) is 19.6. The highest BCUT2D eigenvalue weighted by Gasteiger charge is 2.60. The first-order chi connectivity index (χ1) is 41.3. The lowest BCUT2D eigenvalue weighted by atomic mass is 9.33. The van der Waals surface area contributed by atoms with Crippen molar-refractivity contribution in [1.29, 1.82) is 0 Å². The molecule has 0 N–H and O–H groups in total. The maximum atomic E-state index is 2.81. The smallest absolute Gasteiger partial charge is 0.252 e. The fourth-order valence-corrected chi connectivity index (χ4v) is 17.3. The Morgan fingerprint density at radius 2 is 0.859 bits per heavy atom.